The van der Waals surface area contributed by atoms with E-state index in [0.29, 0.717) is 10.9 Å². The summed E-state index contributed by atoms with van der Waals surface area (Å²) >= 11 is 0. The third kappa shape index (κ3) is 2.70. The third-order valence-corrected chi connectivity index (χ3v) is 3.52. The number of amides is 1. The van der Waals surface area contributed by atoms with Crippen LogP contribution >= 0.6 is 0 Å². The third-order valence-electron chi connectivity index (χ3n) is 3.52. The van der Waals surface area contributed by atoms with Crippen molar-refractivity contribution < 1.29 is 9.72 Å². The number of fused-ring (bicyclic) bond motifs is 1. The number of nitro groups is 1. The number of nitro benzene ring substituents is 1. The minimum absolute atomic E-state index is 0.0161. The number of nitrogens with two attached hydrogens (primary N) is 1. The predicted molar refractivity (Wildman–Crippen MR) is 84.5 cm³/mol. The van der Waals surface area contributed by atoms with Crippen molar-refractivity contribution in [2.75, 3.05) is 0 Å². The summed E-state index contributed by atoms with van der Waals surface area (Å²) in [5, 5.41) is 19.3. The first-order valence-electron chi connectivity index (χ1n) is 6.87. The van der Waals surface area contributed by atoms with Gasteiger partial charge in [0, 0.05) is 11.6 Å². The standard InChI is InChI=1S/C15H11N5O4/c16-14(21)9-5-6-10(13(7-9)20(23)24)8-19-15(22)11-3-1-2-4-12(11)17-18-19/h1-7H,8H2,(H2,16,21). The second kappa shape index (κ2) is 5.88. The summed E-state index contributed by atoms with van der Waals surface area (Å²) in [6, 6.07) is 10.5. The molecule has 0 fully saturated rings. The molecule has 0 bridgehead atoms. The largest absolute Gasteiger partial charge is 0.366 e. The minimum Gasteiger partial charge on any atom is -0.366 e. The molecule has 120 valence electrons. The summed E-state index contributed by atoms with van der Waals surface area (Å²) in [5.41, 5.74) is 5.09. The van der Waals surface area contributed by atoms with Crippen LogP contribution in [0.25, 0.3) is 10.9 Å². The highest BCUT2D eigenvalue weighted by Crippen LogP contribution is 2.21. The molecular formula is C15H11N5O4. The van der Waals surface area contributed by atoms with Crippen molar-refractivity contribution >= 4 is 22.5 Å². The number of benzene rings is 2. The van der Waals surface area contributed by atoms with Crippen LogP contribution in [0.2, 0.25) is 0 Å². The van der Waals surface area contributed by atoms with Crippen LogP contribution in [0.4, 0.5) is 5.69 Å². The van der Waals surface area contributed by atoms with Gasteiger partial charge in [-0.25, -0.2) is 4.68 Å². The molecule has 0 atom stereocenters. The van der Waals surface area contributed by atoms with E-state index < -0.39 is 16.4 Å². The van der Waals surface area contributed by atoms with E-state index in [-0.39, 0.29) is 23.4 Å². The molecule has 1 amide bonds. The SMILES string of the molecule is NC(=O)c1ccc(Cn2nnc3ccccc3c2=O)c([N+](=O)[O-])c1. The summed E-state index contributed by atoms with van der Waals surface area (Å²) < 4.78 is 1.04. The second-order valence-corrected chi connectivity index (χ2v) is 5.03. The summed E-state index contributed by atoms with van der Waals surface area (Å²) in [6.07, 6.45) is 0. The van der Waals surface area contributed by atoms with Crippen molar-refractivity contribution in [3.05, 3.63) is 74.1 Å². The van der Waals surface area contributed by atoms with E-state index in [9.17, 15) is 19.7 Å². The Hall–Kier alpha value is -3.62. The normalized spacial score (nSPS) is 10.7. The number of hydrogen-bond acceptors (Lipinski definition) is 6. The van der Waals surface area contributed by atoms with Crippen molar-refractivity contribution in [1.82, 2.24) is 15.0 Å². The Morgan fingerprint density at radius 1 is 1.25 bits per heavy atom. The summed E-state index contributed by atoms with van der Waals surface area (Å²) in [4.78, 5) is 34.2. The lowest BCUT2D eigenvalue weighted by molar-refractivity contribution is -0.385. The average Bonchev–Trinajstić information content (AvgIpc) is 2.57. The zero-order valence-electron chi connectivity index (χ0n) is 12.2. The predicted octanol–water partition coefficient (Wildman–Crippen LogP) is 0.847. The molecule has 0 spiro atoms. The Morgan fingerprint density at radius 3 is 2.71 bits per heavy atom. The lowest BCUT2D eigenvalue weighted by atomic mass is 10.1. The molecule has 9 heteroatoms. The van der Waals surface area contributed by atoms with Gasteiger partial charge in [-0.3, -0.25) is 19.7 Å². The Bertz CT molecular complexity index is 1030. The fourth-order valence-corrected chi connectivity index (χ4v) is 2.31. The molecule has 0 aliphatic rings. The van der Waals surface area contributed by atoms with Gasteiger partial charge in [0.1, 0.15) is 5.52 Å². The monoisotopic (exact) mass is 325 g/mol. The Balaban J connectivity index is 2.08. The van der Waals surface area contributed by atoms with Gasteiger partial charge in [-0.2, -0.15) is 0 Å². The Kier molecular flexibility index (Phi) is 3.74. The molecule has 1 heterocycles. The number of carbonyl (C=O) groups excluding carboxylic acids is 1. The zero-order valence-corrected chi connectivity index (χ0v) is 12.2. The zero-order chi connectivity index (χ0) is 17.3. The van der Waals surface area contributed by atoms with Crippen molar-refractivity contribution in [2.45, 2.75) is 6.54 Å². The fraction of sp³-hybridized carbons (Fsp3) is 0.0667. The number of primary amides is 1. The maximum atomic E-state index is 12.4. The molecule has 9 nitrogen and oxygen atoms in total. The van der Waals surface area contributed by atoms with Gasteiger partial charge in [-0.1, -0.05) is 17.3 Å². The van der Waals surface area contributed by atoms with Gasteiger partial charge in [0.2, 0.25) is 5.91 Å². The molecular weight excluding hydrogens is 314 g/mol. The maximum Gasteiger partial charge on any atom is 0.277 e. The highest BCUT2D eigenvalue weighted by molar-refractivity contribution is 5.93. The number of rotatable bonds is 4. The molecule has 3 aromatic rings. The van der Waals surface area contributed by atoms with E-state index in [4.69, 9.17) is 5.73 Å². The molecule has 24 heavy (non-hydrogen) atoms. The van der Waals surface area contributed by atoms with E-state index in [0.717, 1.165) is 10.7 Å². The van der Waals surface area contributed by atoms with E-state index in [1.807, 2.05) is 0 Å². The van der Waals surface area contributed by atoms with Crippen molar-refractivity contribution in [2.24, 2.45) is 5.73 Å². The molecule has 0 unspecified atom stereocenters. The van der Waals surface area contributed by atoms with Crippen LogP contribution in [0.3, 0.4) is 0 Å². The van der Waals surface area contributed by atoms with E-state index in [1.165, 1.54) is 12.1 Å². The van der Waals surface area contributed by atoms with Crippen molar-refractivity contribution in [1.29, 1.82) is 0 Å². The molecule has 0 aliphatic heterocycles. The smallest absolute Gasteiger partial charge is 0.277 e. The van der Waals surface area contributed by atoms with Gasteiger partial charge in [-0.05, 0) is 24.3 Å². The minimum atomic E-state index is -0.771. The van der Waals surface area contributed by atoms with Crippen LogP contribution in [0.5, 0.6) is 0 Å². The Labute approximate surface area is 134 Å². The average molecular weight is 325 g/mol. The van der Waals surface area contributed by atoms with Gasteiger partial charge in [-0.15, -0.1) is 5.10 Å². The van der Waals surface area contributed by atoms with Gasteiger partial charge in [0.25, 0.3) is 11.2 Å². The van der Waals surface area contributed by atoms with Crippen LogP contribution in [-0.2, 0) is 6.54 Å². The first kappa shape index (κ1) is 15.3. The molecule has 0 saturated carbocycles. The quantitative estimate of drug-likeness (QED) is 0.558. The highest BCUT2D eigenvalue weighted by atomic mass is 16.6. The lowest BCUT2D eigenvalue weighted by Crippen LogP contribution is -2.25. The summed E-state index contributed by atoms with van der Waals surface area (Å²) in [7, 11) is 0. The number of nitrogens with zero attached hydrogens (tertiary/aromatic N) is 4. The molecule has 2 N–H and O–H groups in total. The van der Waals surface area contributed by atoms with Gasteiger partial charge >= 0.3 is 0 Å². The molecule has 2 aromatic carbocycles. The fourth-order valence-electron chi connectivity index (χ4n) is 2.31. The van der Waals surface area contributed by atoms with Crippen LogP contribution < -0.4 is 11.3 Å². The molecule has 3 rings (SSSR count). The number of carbonyl (C=O) groups is 1. The van der Waals surface area contributed by atoms with Crippen LogP contribution in [-0.4, -0.2) is 25.8 Å². The number of hydrogen-bond donors (Lipinski definition) is 1. The van der Waals surface area contributed by atoms with E-state index in [1.54, 1.807) is 24.3 Å². The maximum absolute atomic E-state index is 12.4. The summed E-state index contributed by atoms with van der Waals surface area (Å²) in [5.74, 6) is -0.771. The summed E-state index contributed by atoms with van der Waals surface area (Å²) in [6.45, 7) is -0.147. The van der Waals surface area contributed by atoms with Crippen molar-refractivity contribution in [3.63, 3.8) is 0 Å². The van der Waals surface area contributed by atoms with Crippen molar-refractivity contribution in [3.8, 4) is 0 Å². The lowest BCUT2D eigenvalue weighted by Gasteiger charge is -2.06. The molecule has 0 saturated heterocycles. The van der Waals surface area contributed by atoms with E-state index in [2.05, 4.69) is 10.3 Å². The first-order chi connectivity index (χ1) is 11.5. The Morgan fingerprint density at radius 2 is 2.00 bits per heavy atom. The van der Waals surface area contributed by atoms with Crippen LogP contribution in [0.15, 0.2) is 47.3 Å². The van der Waals surface area contributed by atoms with Crippen LogP contribution in [0, 0.1) is 10.1 Å². The molecule has 1 aromatic heterocycles. The van der Waals surface area contributed by atoms with Gasteiger partial charge < -0.3 is 5.73 Å². The number of aromatic nitrogens is 3. The van der Waals surface area contributed by atoms with Gasteiger partial charge in [0.15, 0.2) is 0 Å². The topological polar surface area (TPSA) is 134 Å². The molecule has 0 aliphatic carbocycles. The van der Waals surface area contributed by atoms with Crippen LogP contribution in [0.1, 0.15) is 15.9 Å². The van der Waals surface area contributed by atoms with E-state index >= 15 is 0 Å². The highest BCUT2D eigenvalue weighted by Gasteiger charge is 2.18. The molecule has 0 radical (unpaired) electrons. The van der Waals surface area contributed by atoms with Gasteiger partial charge in [0.05, 0.1) is 22.4 Å². The first-order valence-corrected chi connectivity index (χ1v) is 6.87. The second-order valence-electron chi connectivity index (χ2n) is 5.03.